The van der Waals surface area contributed by atoms with Crippen molar-refractivity contribution in [2.75, 3.05) is 0 Å². The van der Waals surface area contributed by atoms with E-state index in [0.29, 0.717) is 17.5 Å². The molecule has 48 heavy (non-hydrogen) atoms. The van der Waals surface area contributed by atoms with E-state index in [1.807, 2.05) is 60.7 Å². The van der Waals surface area contributed by atoms with Gasteiger partial charge in [-0.3, -0.25) is 0 Å². The first-order valence-electron chi connectivity index (χ1n) is 16.6. The second-order valence-corrected chi connectivity index (χ2v) is 13.8. The first-order valence-corrected chi connectivity index (χ1v) is 16.6. The minimum Gasteiger partial charge on any atom is -0.208 e. The predicted molar refractivity (Wildman–Crippen MR) is 198 cm³/mol. The van der Waals surface area contributed by atoms with E-state index in [1.165, 1.54) is 27.8 Å². The monoisotopic (exact) mass is 619 g/mol. The van der Waals surface area contributed by atoms with E-state index >= 15 is 0 Å². The highest BCUT2D eigenvalue weighted by molar-refractivity contribution is 5.85. The smallest absolute Gasteiger partial charge is 0.164 e. The van der Waals surface area contributed by atoms with Gasteiger partial charge in [-0.15, -0.1) is 0 Å². The SMILES string of the molecule is CC1(C)c2ccccc2-c2cc(-c3cc(-c4ccccc4)cc(-c4nc(-c5ccccc5)nc(-c5ccccc5)n4)c3)ccc2C1(C)C. The van der Waals surface area contributed by atoms with Crippen LogP contribution in [-0.2, 0) is 10.8 Å². The topological polar surface area (TPSA) is 38.7 Å². The number of benzene rings is 6. The number of hydrogen-bond acceptors (Lipinski definition) is 3. The zero-order valence-corrected chi connectivity index (χ0v) is 27.8. The molecule has 0 aliphatic heterocycles. The van der Waals surface area contributed by atoms with E-state index in [1.54, 1.807) is 0 Å². The van der Waals surface area contributed by atoms with Crippen LogP contribution in [0.4, 0.5) is 0 Å². The van der Waals surface area contributed by atoms with Crippen molar-refractivity contribution < 1.29 is 0 Å². The van der Waals surface area contributed by atoms with Crippen LogP contribution in [0, 0.1) is 0 Å². The number of fused-ring (bicyclic) bond motifs is 3. The Morgan fingerprint density at radius 2 is 0.729 bits per heavy atom. The summed E-state index contributed by atoms with van der Waals surface area (Å²) in [7, 11) is 0. The lowest BCUT2D eigenvalue weighted by molar-refractivity contribution is 0.299. The van der Waals surface area contributed by atoms with E-state index in [4.69, 9.17) is 15.0 Å². The van der Waals surface area contributed by atoms with E-state index < -0.39 is 0 Å². The molecule has 3 nitrogen and oxygen atoms in total. The molecule has 1 aliphatic rings. The molecule has 1 heterocycles. The Hall–Kier alpha value is -5.67. The maximum atomic E-state index is 5.08. The molecule has 0 bridgehead atoms. The number of nitrogens with zero attached hydrogens (tertiary/aromatic N) is 3. The standard InChI is InChI=1S/C45H37N3/c1-44(2)39-23-15-14-22-37(39)38-29-33(24-25-40(38)45(44,3)4)35-26-34(30-16-8-5-9-17-30)27-36(28-35)43-47-41(31-18-10-6-11-19-31)46-42(48-43)32-20-12-7-13-21-32/h5-29H,1-4H3. The molecule has 0 spiro atoms. The van der Waals surface area contributed by atoms with Crippen LogP contribution in [0.15, 0.2) is 152 Å². The Kier molecular flexibility index (Phi) is 7.14. The lowest BCUT2D eigenvalue weighted by atomic mass is 9.55. The Morgan fingerprint density at radius 1 is 0.312 bits per heavy atom. The molecule has 7 aromatic rings. The van der Waals surface area contributed by atoms with Gasteiger partial charge in [0.25, 0.3) is 0 Å². The van der Waals surface area contributed by atoms with Crippen molar-refractivity contribution in [3.8, 4) is 67.5 Å². The highest BCUT2D eigenvalue weighted by atomic mass is 15.0. The molecule has 0 radical (unpaired) electrons. The van der Waals surface area contributed by atoms with Gasteiger partial charge in [0.1, 0.15) is 0 Å². The summed E-state index contributed by atoms with van der Waals surface area (Å²) in [6.07, 6.45) is 0. The minimum absolute atomic E-state index is 0.00981. The largest absolute Gasteiger partial charge is 0.208 e. The zero-order valence-electron chi connectivity index (χ0n) is 27.8. The lowest BCUT2D eigenvalue weighted by Gasteiger charge is -2.48. The van der Waals surface area contributed by atoms with Crippen molar-refractivity contribution in [2.24, 2.45) is 0 Å². The first-order chi connectivity index (χ1) is 23.3. The number of aromatic nitrogens is 3. The van der Waals surface area contributed by atoms with E-state index in [0.717, 1.165) is 33.4 Å². The molecule has 232 valence electrons. The zero-order chi connectivity index (χ0) is 32.9. The predicted octanol–water partition coefficient (Wildman–Crippen LogP) is 11.4. The van der Waals surface area contributed by atoms with Crippen molar-refractivity contribution in [3.63, 3.8) is 0 Å². The highest BCUT2D eigenvalue weighted by Gasteiger charge is 2.45. The molecule has 0 saturated carbocycles. The molecule has 0 unspecified atom stereocenters. The van der Waals surface area contributed by atoms with Gasteiger partial charge in [0.15, 0.2) is 17.5 Å². The van der Waals surface area contributed by atoms with Crippen LogP contribution in [0.5, 0.6) is 0 Å². The average Bonchev–Trinajstić information content (AvgIpc) is 3.15. The van der Waals surface area contributed by atoms with Crippen LogP contribution in [-0.4, -0.2) is 15.0 Å². The second-order valence-electron chi connectivity index (χ2n) is 13.8. The third-order valence-electron chi connectivity index (χ3n) is 10.5. The fourth-order valence-corrected chi connectivity index (χ4v) is 7.09. The van der Waals surface area contributed by atoms with Gasteiger partial charge in [0.2, 0.25) is 0 Å². The van der Waals surface area contributed by atoms with Crippen LogP contribution in [0.25, 0.3) is 67.5 Å². The summed E-state index contributed by atoms with van der Waals surface area (Å²) in [4.78, 5) is 15.1. The Labute approximate surface area is 283 Å². The van der Waals surface area contributed by atoms with Gasteiger partial charge in [-0.2, -0.15) is 0 Å². The molecular weight excluding hydrogens is 583 g/mol. The van der Waals surface area contributed by atoms with Gasteiger partial charge >= 0.3 is 0 Å². The fourth-order valence-electron chi connectivity index (χ4n) is 7.09. The lowest BCUT2D eigenvalue weighted by Crippen LogP contribution is -2.43. The summed E-state index contributed by atoms with van der Waals surface area (Å²) in [5.74, 6) is 1.95. The van der Waals surface area contributed by atoms with Crippen LogP contribution in [0.1, 0.15) is 38.8 Å². The quantitative estimate of drug-likeness (QED) is 0.192. The van der Waals surface area contributed by atoms with Crippen molar-refractivity contribution in [1.29, 1.82) is 0 Å². The van der Waals surface area contributed by atoms with E-state index in [2.05, 4.69) is 119 Å². The third-order valence-corrected chi connectivity index (χ3v) is 10.5. The molecule has 3 heteroatoms. The summed E-state index contributed by atoms with van der Waals surface area (Å²) in [5, 5.41) is 0. The fraction of sp³-hybridized carbons (Fsp3) is 0.133. The molecule has 0 fully saturated rings. The maximum absolute atomic E-state index is 5.08. The van der Waals surface area contributed by atoms with Crippen LogP contribution in [0.2, 0.25) is 0 Å². The maximum Gasteiger partial charge on any atom is 0.164 e. The van der Waals surface area contributed by atoms with Crippen LogP contribution >= 0.6 is 0 Å². The summed E-state index contributed by atoms with van der Waals surface area (Å²) < 4.78 is 0. The molecule has 0 atom stereocenters. The Morgan fingerprint density at radius 3 is 1.29 bits per heavy atom. The van der Waals surface area contributed by atoms with Gasteiger partial charge in [-0.25, -0.2) is 15.0 Å². The van der Waals surface area contributed by atoms with Gasteiger partial charge in [-0.1, -0.05) is 155 Å². The summed E-state index contributed by atoms with van der Waals surface area (Å²) in [5.41, 5.74) is 12.7. The minimum atomic E-state index is -0.0428. The van der Waals surface area contributed by atoms with Crippen LogP contribution < -0.4 is 0 Å². The Balaban J connectivity index is 1.35. The van der Waals surface area contributed by atoms with Gasteiger partial charge in [-0.05, 0) is 79.6 Å². The average molecular weight is 620 g/mol. The van der Waals surface area contributed by atoms with Gasteiger partial charge < -0.3 is 0 Å². The summed E-state index contributed by atoms with van der Waals surface area (Å²) in [6, 6.07) is 53.5. The van der Waals surface area contributed by atoms with E-state index in [-0.39, 0.29) is 10.8 Å². The van der Waals surface area contributed by atoms with Crippen molar-refractivity contribution in [1.82, 2.24) is 15.0 Å². The van der Waals surface area contributed by atoms with Crippen molar-refractivity contribution >= 4 is 0 Å². The molecule has 6 aromatic carbocycles. The molecule has 0 saturated heterocycles. The summed E-state index contributed by atoms with van der Waals surface area (Å²) >= 11 is 0. The molecule has 1 aromatic heterocycles. The Bertz CT molecular complexity index is 2210. The van der Waals surface area contributed by atoms with Gasteiger partial charge in [0.05, 0.1) is 0 Å². The molecular formula is C45H37N3. The molecule has 0 N–H and O–H groups in total. The van der Waals surface area contributed by atoms with Gasteiger partial charge in [0, 0.05) is 16.7 Å². The third kappa shape index (κ3) is 5.03. The molecule has 1 aliphatic carbocycles. The molecule has 8 rings (SSSR count). The highest BCUT2D eigenvalue weighted by Crippen LogP contribution is 2.54. The summed E-state index contributed by atoms with van der Waals surface area (Å²) in [6.45, 7) is 9.51. The molecule has 0 amide bonds. The normalized spacial score (nSPS) is 14.2. The van der Waals surface area contributed by atoms with E-state index in [9.17, 15) is 0 Å². The number of rotatable bonds is 5. The van der Waals surface area contributed by atoms with Crippen molar-refractivity contribution in [3.05, 3.63) is 163 Å². The van der Waals surface area contributed by atoms with Crippen molar-refractivity contribution in [2.45, 2.75) is 38.5 Å². The van der Waals surface area contributed by atoms with Crippen LogP contribution in [0.3, 0.4) is 0 Å². The number of hydrogen-bond donors (Lipinski definition) is 0. The second kappa shape index (κ2) is 11.5. The first kappa shape index (κ1) is 29.7.